The second-order valence-corrected chi connectivity index (χ2v) is 5.52. The first-order valence-electron chi connectivity index (χ1n) is 7.50. The fourth-order valence-corrected chi connectivity index (χ4v) is 3.13. The van der Waals surface area contributed by atoms with Crippen molar-refractivity contribution in [1.29, 1.82) is 0 Å². The fraction of sp³-hybridized carbons (Fsp3) is 0. The summed E-state index contributed by atoms with van der Waals surface area (Å²) in [6.45, 7) is 3.87. The van der Waals surface area contributed by atoms with Gasteiger partial charge in [-0.15, -0.1) is 0 Å². The molecule has 4 aromatic carbocycles. The van der Waals surface area contributed by atoms with Crippen LogP contribution in [-0.4, -0.2) is 0 Å². The minimum atomic E-state index is 1.15. The Morgan fingerprint density at radius 3 is 2.36 bits per heavy atom. The van der Waals surface area contributed by atoms with E-state index >= 15 is 0 Å². The van der Waals surface area contributed by atoms with Gasteiger partial charge in [-0.25, -0.2) is 0 Å². The largest absolute Gasteiger partial charge is 0.0985 e. The van der Waals surface area contributed by atoms with Gasteiger partial charge >= 0.3 is 0 Å². The molecule has 104 valence electrons. The Kier molecular flexibility index (Phi) is 3.01. The van der Waals surface area contributed by atoms with E-state index < -0.39 is 0 Å². The van der Waals surface area contributed by atoms with Crippen LogP contribution in [-0.2, 0) is 0 Å². The third-order valence-corrected chi connectivity index (χ3v) is 4.22. The van der Waals surface area contributed by atoms with Crippen LogP contribution in [0.4, 0.5) is 0 Å². The van der Waals surface area contributed by atoms with Crippen LogP contribution in [0.1, 0.15) is 5.56 Å². The molecule has 22 heavy (non-hydrogen) atoms. The van der Waals surface area contributed by atoms with Gasteiger partial charge in [0.25, 0.3) is 0 Å². The van der Waals surface area contributed by atoms with Crippen LogP contribution in [0.5, 0.6) is 0 Å². The fourth-order valence-electron chi connectivity index (χ4n) is 3.13. The average Bonchev–Trinajstić information content (AvgIpc) is 2.61. The standard InChI is InChI=1S/C22H16/c1-2-16-7-5-9-18(15-16)20-11-6-12-21-19-10-4-3-8-17(19)13-14-22(20)21/h2-15H,1H2. The normalized spacial score (nSPS) is 10.9. The summed E-state index contributed by atoms with van der Waals surface area (Å²) in [5.74, 6) is 0. The van der Waals surface area contributed by atoms with Crippen molar-refractivity contribution in [3.63, 3.8) is 0 Å². The van der Waals surface area contributed by atoms with Crippen LogP contribution >= 0.6 is 0 Å². The molecule has 4 aromatic rings. The molecule has 0 saturated carbocycles. The van der Waals surface area contributed by atoms with Crippen molar-refractivity contribution >= 4 is 27.6 Å². The number of hydrogen-bond donors (Lipinski definition) is 0. The van der Waals surface area contributed by atoms with E-state index in [1.807, 2.05) is 6.08 Å². The van der Waals surface area contributed by atoms with E-state index in [4.69, 9.17) is 0 Å². The first-order chi connectivity index (χ1) is 10.9. The first kappa shape index (κ1) is 12.8. The molecule has 4 rings (SSSR count). The van der Waals surface area contributed by atoms with E-state index in [9.17, 15) is 0 Å². The number of benzene rings is 4. The monoisotopic (exact) mass is 280 g/mol. The van der Waals surface area contributed by atoms with E-state index in [2.05, 4.69) is 85.4 Å². The predicted molar refractivity (Wildman–Crippen MR) is 97.0 cm³/mol. The van der Waals surface area contributed by atoms with Gasteiger partial charge in [0.1, 0.15) is 0 Å². The van der Waals surface area contributed by atoms with E-state index in [0.717, 1.165) is 5.56 Å². The van der Waals surface area contributed by atoms with Gasteiger partial charge in [-0.3, -0.25) is 0 Å². The lowest BCUT2D eigenvalue weighted by Crippen LogP contribution is -1.84. The van der Waals surface area contributed by atoms with Crippen molar-refractivity contribution in [1.82, 2.24) is 0 Å². The van der Waals surface area contributed by atoms with Crippen molar-refractivity contribution in [2.24, 2.45) is 0 Å². The predicted octanol–water partition coefficient (Wildman–Crippen LogP) is 6.30. The molecule has 0 aliphatic heterocycles. The van der Waals surface area contributed by atoms with Gasteiger partial charge < -0.3 is 0 Å². The molecule has 0 heterocycles. The van der Waals surface area contributed by atoms with Gasteiger partial charge in [0.2, 0.25) is 0 Å². The highest BCUT2D eigenvalue weighted by Gasteiger charge is 2.06. The summed E-state index contributed by atoms with van der Waals surface area (Å²) in [7, 11) is 0. The van der Waals surface area contributed by atoms with Crippen LogP contribution in [0.2, 0.25) is 0 Å². The molecule has 0 heteroatoms. The third kappa shape index (κ3) is 2.01. The molecular formula is C22H16. The van der Waals surface area contributed by atoms with E-state index in [1.165, 1.54) is 32.7 Å². The maximum absolute atomic E-state index is 3.87. The molecular weight excluding hydrogens is 264 g/mol. The minimum Gasteiger partial charge on any atom is -0.0985 e. The molecule has 0 aliphatic carbocycles. The Morgan fingerprint density at radius 2 is 1.45 bits per heavy atom. The summed E-state index contributed by atoms with van der Waals surface area (Å²) < 4.78 is 0. The van der Waals surface area contributed by atoms with Gasteiger partial charge in [-0.1, -0.05) is 85.5 Å². The highest BCUT2D eigenvalue weighted by atomic mass is 14.1. The average molecular weight is 280 g/mol. The SMILES string of the molecule is C=Cc1cccc(-c2cccc3c2ccc2ccccc23)c1. The Balaban J connectivity index is 2.06. The third-order valence-electron chi connectivity index (χ3n) is 4.22. The quantitative estimate of drug-likeness (QED) is 0.378. The molecule has 0 amide bonds. The van der Waals surface area contributed by atoms with Crippen LogP contribution in [0.25, 0.3) is 38.7 Å². The zero-order valence-electron chi connectivity index (χ0n) is 12.3. The molecule has 0 nitrogen and oxygen atoms in total. The first-order valence-corrected chi connectivity index (χ1v) is 7.50. The molecule has 0 aliphatic rings. The number of hydrogen-bond acceptors (Lipinski definition) is 0. The van der Waals surface area contributed by atoms with Gasteiger partial charge in [0.15, 0.2) is 0 Å². The Hall–Kier alpha value is -2.86. The van der Waals surface area contributed by atoms with E-state index in [0.29, 0.717) is 0 Å². The second-order valence-electron chi connectivity index (χ2n) is 5.52. The molecule has 0 fully saturated rings. The smallest absolute Gasteiger partial charge is 0.00990 e. The van der Waals surface area contributed by atoms with Crippen LogP contribution in [0.15, 0.2) is 85.4 Å². The van der Waals surface area contributed by atoms with Gasteiger partial charge in [0.05, 0.1) is 0 Å². The van der Waals surface area contributed by atoms with Crippen molar-refractivity contribution < 1.29 is 0 Å². The summed E-state index contributed by atoms with van der Waals surface area (Å²) in [4.78, 5) is 0. The molecule has 0 radical (unpaired) electrons. The van der Waals surface area contributed by atoms with Crippen LogP contribution in [0, 0.1) is 0 Å². The van der Waals surface area contributed by atoms with Gasteiger partial charge in [-0.05, 0) is 44.3 Å². The molecule has 0 unspecified atom stereocenters. The Labute approximate surface area is 130 Å². The van der Waals surface area contributed by atoms with Crippen LogP contribution < -0.4 is 0 Å². The van der Waals surface area contributed by atoms with Crippen molar-refractivity contribution in [3.8, 4) is 11.1 Å². The Morgan fingerprint density at radius 1 is 0.636 bits per heavy atom. The zero-order chi connectivity index (χ0) is 14.9. The van der Waals surface area contributed by atoms with Crippen LogP contribution in [0.3, 0.4) is 0 Å². The molecule has 0 saturated heterocycles. The second kappa shape index (κ2) is 5.16. The highest BCUT2D eigenvalue weighted by molar-refractivity contribution is 6.12. The summed E-state index contributed by atoms with van der Waals surface area (Å²) >= 11 is 0. The lowest BCUT2D eigenvalue weighted by Gasteiger charge is -2.10. The highest BCUT2D eigenvalue weighted by Crippen LogP contribution is 2.33. The molecule has 0 spiro atoms. The lowest BCUT2D eigenvalue weighted by atomic mass is 9.94. The summed E-state index contributed by atoms with van der Waals surface area (Å²) in [5.41, 5.74) is 3.65. The summed E-state index contributed by atoms with van der Waals surface area (Å²) in [6, 6.07) is 28.1. The summed E-state index contributed by atoms with van der Waals surface area (Å²) in [6.07, 6.45) is 1.89. The Bertz CT molecular complexity index is 993. The topological polar surface area (TPSA) is 0 Å². The maximum atomic E-state index is 3.87. The number of fused-ring (bicyclic) bond motifs is 3. The minimum absolute atomic E-state index is 1.15. The van der Waals surface area contributed by atoms with Gasteiger partial charge in [0, 0.05) is 0 Å². The molecule has 0 N–H and O–H groups in total. The van der Waals surface area contributed by atoms with E-state index in [1.54, 1.807) is 0 Å². The van der Waals surface area contributed by atoms with Crippen molar-refractivity contribution in [3.05, 3.63) is 91.0 Å². The van der Waals surface area contributed by atoms with E-state index in [-0.39, 0.29) is 0 Å². The maximum Gasteiger partial charge on any atom is -0.00990 e. The number of rotatable bonds is 2. The summed E-state index contributed by atoms with van der Waals surface area (Å²) in [5, 5.41) is 5.19. The molecule has 0 atom stereocenters. The van der Waals surface area contributed by atoms with Crippen molar-refractivity contribution in [2.45, 2.75) is 0 Å². The van der Waals surface area contributed by atoms with Gasteiger partial charge in [-0.2, -0.15) is 0 Å². The zero-order valence-corrected chi connectivity index (χ0v) is 12.3. The van der Waals surface area contributed by atoms with Crippen molar-refractivity contribution in [2.75, 3.05) is 0 Å². The molecule has 0 bridgehead atoms. The lowest BCUT2D eigenvalue weighted by molar-refractivity contribution is 1.63. The molecule has 0 aromatic heterocycles.